The summed E-state index contributed by atoms with van der Waals surface area (Å²) in [6.07, 6.45) is 1.58. The Labute approximate surface area is 143 Å². The van der Waals surface area contributed by atoms with Crippen molar-refractivity contribution in [3.63, 3.8) is 0 Å². The van der Waals surface area contributed by atoms with E-state index in [9.17, 15) is 9.59 Å². The molecule has 3 aromatic rings. The quantitative estimate of drug-likeness (QED) is 0.795. The molecule has 0 unspecified atom stereocenters. The number of anilines is 1. The molecule has 24 heavy (non-hydrogen) atoms. The molecule has 0 aliphatic carbocycles. The van der Waals surface area contributed by atoms with Gasteiger partial charge in [0.05, 0.1) is 22.3 Å². The van der Waals surface area contributed by atoms with E-state index in [1.165, 1.54) is 0 Å². The molecule has 122 valence electrons. The largest absolute Gasteiger partial charge is 0.323 e. The van der Waals surface area contributed by atoms with E-state index in [1.807, 2.05) is 32.0 Å². The highest BCUT2D eigenvalue weighted by Gasteiger charge is 2.12. The number of fused-ring (bicyclic) bond motifs is 1. The first kappa shape index (κ1) is 16.2. The van der Waals surface area contributed by atoms with Gasteiger partial charge in [0.1, 0.15) is 6.54 Å². The molecule has 2 aromatic carbocycles. The number of nitrogens with one attached hydrogen (secondary N) is 1. The number of aryl methyl sites for hydroxylation is 2. The first-order valence-electron chi connectivity index (χ1n) is 7.47. The summed E-state index contributed by atoms with van der Waals surface area (Å²) in [4.78, 5) is 24.7. The van der Waals surface area contributed by atoms with Crippen LogP contribution in [0.5, 0.6) is 0 Å². The Morgan fingerprint density at radius 3 is 2.75 bits per heavy atom. The maximum absolute atomic E-state index is 12.4. The minimum absolute atomic E-state index is 0.173. The third-order valence-corrected chi connectivity index (χ3v) is 4.05. The monoisotopic (exact) mass is 341 g/mol. The van der Waals surface area contributed by atoms with Gasteiger partial charge in [0.25, 0.3) is 5.56 Å². The highest BCUT2D eigenvalue weighted by Crippen LogP contribution is 2.27. The second kappa shape index (κ2) is 6.45. The lowest BCUT2D eigenvalue weighted by Crippen LogP contribution is -2.29. The number of benzene rings is 2. The van der Waals surface area contributed by atoms with Crippen molar-refractivity contribution in [1.29, 1.82) is 0 Å². The van der Waals surface area contributed by atoms with E-state index < -0.39 is 0 Å². The van der Waals surface area contributed by atoms with Crippen LogP contribution in [0.4, 0.5) is 5.69 Å². The van der Waals surface area contributed by atoms with E-state index >= 15 is 0 Å². The van der Waals surface area contributed by atoms with Crippen LogP contribution in [0.1, 0.15) is 11.1 Å². The molecule has 0 saturated heterocycles. The lowest BCUT2D eigenvalue weighted by atomic mass is 10.1. The summed E-state index contributed by atoms with van der Waals surface area (Å²) in [6, 6.07) is 10.9. The third-order valence-electron chi connectivity index (χ3n) is 3.75. The molecule has 0 radical (unpaired) electrons. The Kier molecular flexibility index (Phi) is 4.36. The van der Waals surface area contributed by atoms with Gasteiger partial charge in [0, 0.05) is 5.39 Å². The number of hydrogen-bond acceptors (Lipinski definition) is 3. The number of carbonyl (C=O) groups excluding carboxylic acids is 1. The van der Waals surface area contributed by atoms with Crippen LogP contribution >= 0.6 is 11.6 Å². The molecular formula is C18H16ClN3O2. The van der Waals surface area contributed by atoms with Crippen molar-refractivity contribution >= 4 is 34.0 Å². The predicted molar refractivity (Wildman–Crippen MR) is 95.6 cm³/mol. The molecule has 0 spiro atoms. The van der Waals surface area contributed by atoms with E-state index in [0.29, 0.717) is 16.1 Å². The van der Waals surface area contributed by atoms with Crippen LogP contribution in [-0.2, 0) is 11.3 Å². The van der Waals surface area contributed by atoms with Crippen molar-refractivity contribution < 1.29 is 4.79 Å². The number of nitrogens with zero attached hydrogens (tertiary/aromatic N) is 2. The van der Waals surface area contributed by atoms with Crippen LogP contribution in [0.3, 0.4) is 0 Å². The first-order valence-corrected chi connectivity index (χ1v) is 7.85. The molecule has 1 heterocycles. The van der Waals surface area contributed by atoms with Crippen molar-refractivity contribution in [2.24, 2.45) is 0 Å². The average Bonchev–Trinajstić information content (AvgIpc) is 2.54. The van der Waals surface area contributed by atoms with Gasteiger partial charge in [-0.1, -0.05) is 35.9 Å². The van der Waals surface area contributed by atoms with E-state index in [2.05, 4.69) is 10.4 Å². The zero-order valence-electron chi connectivity index (χ0n) is 13.3. The van der Waals surface area contributed by atoms with Gasteiger partial charge < -0.3 is 5.32 Å². The summed E-state index contributed by atoms with van der Waals surface area (Å²) in [5, 5.41) is 8.57. The lowest BCUT2D eigenvalue weighted by Gasteiger charge is -2.12. The summed E-state index contributed by atoms with van der Waals surface area (Å²) in [5.74, 6) is -0.353. The summed E-state index contributed by atoms with van der Waals surface area (Å²) >= 11 is 6.19. The standard InChI is InChI=1S/C18H16ClN3O2/c1-11-7-12(2)17(15(19)8-11)21-16(23)10-22-18(24)14-6-4-3-5-13(14)9-20-22/h3-9H,10H2,1-2H3,(H,21,23). The zero-order chi connectivity index (χ0) is 17.3. The van der Waals surface area contributed by atoms with Gasteiger partial charge in [-0.3, -0.25) is 9.59 Å². The van der Waals surface area contributed by atoms with Crippen LogP contribution < -0.4 is 10.9 Å². The topological polar surface area (TPSA) is 64.0 Å². The fourth-order valence-corrected chi connectivity index (χ4v) is 3.00. The van der Waals surface area contributed by atoms with E-state index in [1.54, 1.807) is 24.4 Å². The van der Waals surface area contributed by atoms with Crippen LogP contribution in [0, 0.1) is 13.8 Å². The predicted octanol–water partition coefficient (Wildman–Crippen LogP) is 3.31. The number of aromatic nitrogens is 2. The lowest BCUT2D eigenvalue weighted by molar-refractivity contribution is -0.117. The Hall–Kier alpha value is -2.66. The second-order valence-electron chi connectivity index (χ2n) is 5.68. The van der Waals surface area contributed by atoms with Crippen molar-refractivity contribution in [1.82, 2.24) is 9.78 Å². The summed E-state index contributed by atoms with van der Waals surface area (Å²) < 4.78 is 1.15. The highest BCUT2D eigenvalue weighted by atomic mass is 35.5. The molecule has 1 aromatic heterocycles. The fourth-order valence-electron chi connectivity index (χ4n) is 2.63. The van der Waals surface area contributed by atoms with Crippen molar-refractivity contribution in [2.45, 2.75) is 20.4 Å². The normalized spacial score (nSPS) is 10.8. The van der Waals surface area contributed by atoms with E-state index in [4.69, 9.17) is 11.6 Å². The van der Waals surface area contributed by atoms with Gasteiger partial charge in [-0.2, -0.15) is 5.10 Å². The molecule has 3 rings (SSSR count). The molecule has 1 N–H and O–H groups in total. The number of rotatable bonds is 3. The third kappa shape index (κ3) is 3.16. The second-order valence-corrected chi connectivity index (χ2v) is 6.09. The van der Waals surface area contributed by atoms with Crippen molar-refractivity contribution in [3.8, 4) is 0 Å². The minimum atomic E-state index is -0.353. The van der Waals surface area contributed by atoms with Crippen molar-refractivity contribution in [3.05, 3.63) is 69.1 Å². The molecule has 5 nitrogen and oxygen atoms in total. The Balaban J connectivity index is 1.86. The SMILES string of the molecule is Cc1cc(C)c(NC(=O)Cn2ncc3ccccc3c2=O)c(Cl)c1. The van der Waals surface area contributed by atoms with Gasteiger partial charge in [-0.25, -0.2) is 4.68 Å². The minimum Gasteiger partial charge on any atom is -0.323 e. The van der Waals surface area contributed by atoms with Gasteiger partial charge in [0.15, 0.2) is 0 Å². The first-order chi connectivity index (χ1) is 11.5. The van der Waals surface area contributed by atoms with Crippen LogP contribution in [0.2, 0.25) is 5.02 Å². The molecular weight excluding hydrogens is 326 g/mol. The van der Waals surface area contributed by atoms with Crippen molar-refractivity contribution in [2.75, 3.05) is 5.32 Å². The number of amides is 1. The zero-order valence-corrected chi connectivity index (χ0v) is 14.1. The number of carbonyl (C=O) groups is 1. The molecule has 6 heteroatoms. The fraction of sp³-hybridized carbons (Fsp3) is 0.167. The molecule has 0 aliphatic heterocycles. The number of halogens is 1. The van der Waals surface area contributed by atoms with Gasteiger partial charge in [-0.15, -0.1) is 0 Å². The average molecular weight is 342 g/mol. The van der Waals surface area contributed by atoms with Gasteiger partial charge in [-0.05, 0) is 37.1 Å². The smallest absolute Gasteiger partial charge is 0.275 e. The Morgan fingerprint density at radius 1 is 1.25 bits per heavy atom. The Morgan fingerprint density at radius 2 is 2.00 bits per heavy atom. The van der Waals surface area contributed by atoms with Crippen LogP contribution in [0.15, 0.2) is 47.4 Å². The summed E-state index contributed by atoms with van der Waals surface area (Å²) in [6.45, 7) is 3.63. The molecule has 0 bridgehead atoms. The van der Waals surface area contributed by atoms with Gasteiger partial charge >= 0.3 is 0 Å². The summed E-state index contributed by atoms with van der Waals surface area (Å²) in [7, 11) is 0. The summed E-state index contributed by atoms with van der Waals surface area (Å²) in [5.41, 5.74) is 2.14. The molecule has 0 saturated carbocycles. The van der Waals surface area contributed by atoms with E-state index in [-0.39, 0.29) is 18.0 Å². The van der Waals surface area contributed by atoms with E-state index in [0.717, 1.165) is 21.2 Å². The number of hydrogen-bond donors (Lipinski definition) is 1. The molecule has 1 amide bonds. The highest BCUT2D eigenvalue weighted by molar-refractivity contribution is 6.34. The van der Waals surface area contributed by atoms with Crippen LogP contribution in [-0.4, -0.2) is 15.7 Å². The Bertz CT molecular complexity index is 972. The molecule has 0 atom stereocenters. The molecule has 0 fully saturated rings. The maximum Gasteiger partial charge on any atom is 0.275 e. The van der Waals surface area contributed by atoms with Gasteiger partial charge in [0.2, 0.25) is 5.91 Å². The van der Waals surface area contributed by atoms with Crippen LogP contribution in [0.25, 0.3) is 10.8 Å². The molecule has 0 aliphatic rings. The maximum atomic E-state index is 12.4.